The average Bonchev–Trinajstić information content (AvgIpc) is 3.62. The smallest absolute Gasteiger partial charge is 0.340 e. The van der Waals surface area contributed by atoms with Crippen molar-refractivity contribution in [2.45, 2.75) is 37.9 Å². The van der Waals surface area contributed by atoms with Crippen molar-refractivity contribution < 1.29 is 28.2 Å². The van der Waals surface area contributed by atoms with Crippen molar-refractivity contribution >= 4 is 46.5 Å². The lowest BCUT2D eigenvalue weighted by Crippen LogP contribution is -2.54. The molecule has 2 bridgehead atoms. The molecular weight excluding hydrogens is 646 g/mol. The van der Waals surface area contributed by atoms with E-state index in [1.807, 2.05) is 24.3 Å². The molecule has 0 radical (unpaired) electrons. The first kappa shape index (κ1) is 30.7. The van der Waals surface area contributed by atoms with Crippen molar-refractivity contribution in [2.75, 3.05) is 63.0 Å². The predicted molar refractivity (Wildman–Crippen MR) is 177 cm³/mol. The Morgan fingerprint density at radius 2 is 1.79 bits per heavy atom. The number of carbonyl (C=O) groups is 2. The molecule has 0 saturated carbocycles. The maximum Gasteiger partial charge on any atom is 0.340 e. The molecule has 2 unspecified atom stereocenters. The molecule has 5 aliphatic heterocycles. The molecule has 12 heteroatoms. The Kier molecular flexibility index (Phi) is 7.74. The highest BCUT2D eigenvalue weighted by Crippen LogP contribution is 2.44. The summed E-state index contributed by atoms with van der Waals surface area (Å²) in [4.78, 5) is 32.6. The summed E-state index contributed by atoms with van der Waals surface area (Å²) in [5.41, 5.74) is 3.81. The lowest BCUT2D eigenvalue weighted by molar-refractivity contribution is 0.0515. The van der Waals surface area contributed by atoms with E-state index in [1.165, 1.54) is 18.1 Å². The molecule has 4 saturated heterocycles. The Labute approximate surface area is 282 Å². The van der Waals surface area contributed by atoms with E-state index >= 15 is 4.39 Å². The molecule has 0 aromatic heterocycles. The van der Waals surface area contributed by atoms with Gasteiger partial charge in [-0.05, 0) is 43.5 Å². The number of nitrogens with one attached hydrogen (secondary N) is 1. The van der Waals surface area contributed by atoms with Crippen molar-refractivity contribution in [2.24, 2.45) is 5.41 Å². The van der Waals surface area contributed by atoms with Gasteiger partial charge in [0.15, 0.2) is 6.73 Å². The second kappa shape index (κ2) is 11.8. The van der Waals surface area contributed by atoms with Gasteiger partial charge in [0.2, 0.25) is 0 Å². The summed E-state index contributed by atoms with van der Waals surface area (Å²) in [7, 11) is 1.30. The molecule has 1 amide bonds. The fraction of sp³-hybridized carbons (Fsp3) is 0.429. The van der Waals surface area contributed by atoms with Crippen LogP contribution in [0.3, 0.4) is 0 Å². The first-order valence-corrected chi connectivity index (χ1v) is 16.8. The van der Waals surface area contributed by atoms with Crippen LogP contribution in [0.1, 0.15) is 45.5 Å². The molecule has 5 heterocycles. The van der Waals surface area contributed by atoms with Crippen LogP contribution in [-0.4, -0.2) is 82.1 Å². The predicted octanol–water partition coefficient (Wildman–Crippen LogP) is 5.75. The summed E-state index contributed by atoms with van der Waals surface area (Å²) in [5.74, 6) is -1.02. The molecule has 1 N–H and O–H groups in total. The Morgan fingerprint density at radius 1 is 1.04 bits per heavy atom. The monoisotopic (exact) mass is 680 g/mol. The Hall–Kier alpha value is -3.57. The van der Waals surface area contributed by atoms with Gasteiger partial charge in [-0.15, -0.1) is 0 Å². The lowest BCUT2D eigenvalue weighted by Gasteiger charge is -2.39. The number of methoxy groups -OCH3 is 1. The number of anilines is 2. The maximum absolute atomic E-state index is 15.9. The Balaban J connectivity index is 1.08. The molecule has 4 fully saturated rings. The van der Waals surface area contributed by atoms with Crippen molar-refractivity contribution in [1.82, 2.24) is 10.2 Å². The summed E-state index contributed by atoms with van der Waals surface area (Å²) >= 11 is 13.4. The second-order valence-electron chi connectivity index (χ2n) is 13.3. The standard InChI is InChI=1S/C35H35Cl2FN4O5/c1-45-34(44)26-11-29(38)25(12-30(26)42-21-5-6-22(42)15-46-14-21)24-4-2-3-20-13-41(19-47-32(20)24)33(43)31-27(36)9-23(10-28(31)37)40-8-7-35(18-40)16-39-17-35/h2-4,9-12,21-22,39H,5-8,13-19H2,1H3. The largest absolute Gasteiger partial charge is 0.472 e. The van der Waals surface area contributed by atoms with E-state index in [2.05, 4.69) is 15.1 Å². The second-order valence-corrected chi connectivity index (χ2v) is 14.1. The number of hydrogen-bond acceptors (Lipinski definition) is 8. The zero-order chi connectivity index (χ0) is 32.4. The van der Waals surface area contributed by atoms with Crippen LogP contribution in [0.15, 0.2) is 42.5 Å². The summed E-state index contributed by atoms with van der Waals surface area (Å²) in [5, 5.41) is 3.96. The quantitative estimate of drug-likeness (QED) is 0.342. The van der Waals surface area contributed by atoms with E-state index in [0.29, 0.717) is 56.8 Å². The third-order valence-electron chi connectivity index (χ3n) is 10.5. The molecule has 1 spiro atoms. The topological polar surface area (TPSA) is 83.6 Å². The first-order chi connectivity index (χ1) is 22.7. The van der Waals surface area contributed by atoms with E-state index in [9.17, 15) is 9.59 Å². The number of hydrogen-bond donors (Lipinski definition) is 1. The number of halogens is 3. The molecular formula is C35H35Cl2FN4O5. The summed E-state index contributed by atoms with van der Waals surface area (Å²) in [6.07, 6.45) is 2.97. The molecule has 3 aromatic rings. The Morgan fingerprint density at radius 3 is 2.45 bits per heavy atom. The van der Waals surface area contributed by atoms with Gasteiger partial charge in [0.1, 0.15) is 11.6 Å². The van der Waals surface area contributed by atoms with Crippen LogP contribution in [0.5, 0.6) is 5.75 Å². The van der Waals surface area contributed by atoms with Crippen LogP contribution in [0.25, 0.3) is 11.1 Å². The van der Waals surface area contributed by atoms with Gasteiger partial charge in [0, 0.05) is 54.0 Å². The number of amides is 1. The zero-order valence-corrected chi connectivity index (χ0v) is 27.5. The van der Waals surface area contributed by atoms with E-state index in [-0.39, 0.29) is 42.4 Å². The fourth-order valence-corrected chi connectivity index (χ4v) is 8.56. The fourth-order valence-electron chi connectivity index (χ4n) is 7.92. The zero-order valence-electron chi connectivity index (χ0n) is 26.0. The lowest BCUT2D eigenvalue weighted by atomic mass is 9.81. The first-order valence-electron chi connectivity index (χ1n) is 16.0. The molecule has 47 heavy (non-hydrogen) atoms. The van der Waals surface area contributed by atoms with Gasteiger partial charge in [0.25, 0.3) is 5.91 Å². The molecule has 8 rings (SSSR count). The summed E-state index contributed by atoms with van der Waals surface area (Å²) in [6.45, 7) is 5.13. The molecule has 3 aromatic carbocycles. The SMILES string of the molecule is COC(=O)c1cc(F)c(-c2cccc3c2OCN(C(=O)c2c(Cl)cc(N4CCC5(CNC5)C4)cc2Cl)C3)cc1N1C2CCC1COC2. The number of esters is 1. The summed E-state index contributed by atoms with van der Waals surface area (Å²) < 4.78 is 32.9. The highest BCUT2D eigenvalue weighted by molar-refractivity contribution is 6.40. The van der Waals surface area contributed by atoms with Crippen LogP contribution in [-0.2, 0) is 16.0 Å². The van der Waals surface area contributed by atoms with Gasteiger partial charge in [-0.1, -0.05) is 41.4 Å². The van der Waals surface area contributed by atoms with Crippen LogP contribution < -0.4 is 19.9 Å². The van der Waals surface area contributed by atoms with Crippen LogP contribution in [0, 0.1) is 11.2 Å². The number of morpholine rings is 1. The average molecular weight is 682 g/mol. The van der Waals surface area contributed by atoms with E-state index < -0.39 is 11.8 Å². The van der Waals surface area contributed by atoms with E-state index in [1.54, 1.807) is 12.1 Å². The molecule has 5 aliphatic rings. The molecule has 246 valence electrons. The van der Waals surface area contributed by atoms with Gasteiger partial charge in [0.05, 0.1) is 65.8 Å². The number of carbonyl (C=O) groups excluding carboxylic acids is 2. The van der Waals surface area contributed by atoms with Gasteiger partial charge in [-0.25, -0.2) is 9.18 Å². The normalized spacial score (nSPS) is 22.6. The van der Waals surface area contributed by atoms with Crippen LogP contribution in [0.4, 0.5) is 15.8 Å². The van der Waals surface area contributed by atoms with Crippen molar-refractivity contribution in [1.29, 1.82) is 0 Å². The van der Waals surface area contributed by atoms with Crippen molar-refractivity contribution in [3.05, 3.63) is 75.0 Å². The van der Waals surface area contributed by atoms with Crippen LogP contribution in [0.2, 0.25) is 10.0 Å². The van der Waals surface area contributed by atoms with E-state index in [4.69, 9.17) is 37.4 Å². The third-order valence-corrected chi connectivity index (χ3v) is 11.0. The van der Waals surface area contributed by atoms with Crippen LogP contribution >= 0.6 is 23.2 Å². The van der Waals surface area contributed by atoms with Gasteiger partial charge in [-0.3, -0.25) is 4.79 Å². The number of benzene rings is 3. The number of para-hydroxylation sites is 1. The number of nitrogens with zero attached hydrogens (tertiary/aromatic N) is 3. The van der Waals surface area contributed by atoms with E-state index in [0.717, 1.165) is 51.1 Å². The van der Waals surface area contributed by atoms with Gasteiger partial charge < -0.3 is 34.2 Å². The maximum atomic E-state index is 15.9. The molecule has 0 aliphatic carbocycles. The number of fused-ring (bicyclic) bond motifs is 3. The summed E-state index contributed by atoms with van der Waals surface area (Å²) in [6, 6.07) is 12.3. The highest BCUT2D eigenvalue weighted by atomic mass is 35.5. The minimum Gasteiger partial charge on any atom is -0.472 e. The minimum atomic E-state index is -0.595. The number of rotatable bonds is 5. The molecule has 2 atom stereocenters. The van der Waals surface area contributed by atoms with Gasteiger partial charge in [-0.2, -0.15) is 0 Å². The van der Waals surface area contributed by atoms with Gasteiger partial charge >= 0.3 is 5.97 Å². The van der Waals surface area contributed by atoms with Crippen molar-refractivity contribution in [3.8, 4) is 16.9 Å². The Bertz CT molecular complexity index is 1750. The molecule has 9 nitrogen and oxygen atoms in total. The highest BCUT2D eigenvalue weighted by Gasteiger charge is 2.43. The van der Waals surface area contributed by atoms with Crippen molar-refractivity contribution in [3.63, 3.8) is 0 Å². The third kappa shape index (κ3) is 5.21. The minimum absolute atomic E-state index is 0.0682. The number of ether oxygens (including phenoxy) is 3.